The third-order valence-corrected chi connectivity index (χ3v) is 1.92. The molecule has 0 spiro atoms. The Morgan fingerprint density at radius 3 is 2.20 bits per heavy atom. The first-order valence-electron chi connectivity index (χ1n) is 3.61. The Morgan fingerprint density at radius 1 is 1.40 bits per heavy atom. The van der Waals surface area contributed by atoms with E-state index in [9.17, 15) is 4.79 Å². The lowest BCUT2D eigenvalue weighted by Gasteiger charge is -2.15. The van der Waals surface area contributed by atoms with Gasteiger partial charge in [0.2, 0.25) is 0 Å². The maximum absolute atomic E-state index is 10.5. The summed E-state index contributed by atoms with van der Waals surface area (Å²) in [5, 5.41) is 0. The number of rotatable bonds is 5. The average molecular weight is 208 g/mol. The third kappa shape index (κ3) is 4.94. The van der Waals surface area contributed by atoms with E-state index < -0.39 is 0 Å². The Bertz CT molecular complexity index is 102. The summed E-state index contributed by atoms with van der Waals surface area (Å²) in [6.45, 7) is 7.12. The Morgan fingerprint density at radius 2 is 1.90 bits per heavy atom. The molecule has 0 aliphatic carbocycles. The van der Waals surface area contributed by atoms with Crippen LogP contribution in [0.4, 0.5) is 0 Å². The van der Waals surface area contributed by atoms with E-state index in [1.807, 2.05) is 0 Å². The molecule has 0 amide bonds. The summed E-state index contributed by atoms with van der Waals surface area (Å²) >= 11 is 2.90. The van der Waals surface area contributed by atoms with Crippen LogP contribution in [0.1, 0.15) is 20.3 Å². The molecule has 0 aliphatic rings. The predicted octanol–water partition coefficient (Wildman–Crippen LogP) is 1.64. The zero-order valence-corrected chi connectivity index (χ0v) is 8.15. The Hall–Kier alpha value is 0.110. The molecule has 0 aliphatic heterocycles. The minimum Gasteiger partial charge on any atom is -0.303 e. The highest BCUT2D eigenvalue weighted by Gasteiger charge is 2.00. The van der Waals surface area contributed by atoms with Gasteiger partial charge in [0.15, 0.2) is 4.69 Å². The zero-order chi connectivity index (χ0) is 7.98. The normalized spacial score (nSPS) is 10.4. The van der Waals surface area contributed by atoms with Gasteiger partial charge in [-0.25, -0.2) is 0 Å². The lowest BCUT2D eigenvalue weighted by atomic mass is 10.4. The molecule has 0 aromatic carbocycles. The van der Waals surface area contributed by atoms with Crippen molar-refractivity contribution in [2.45, 2.75) is 20.3 Å². The fourth-order valence-electron chi connectivity index (χ4n) is 0.786. The van der Waals surface area contributed by atoms with Gasteiger partial charge >= 0.3 is 0 Å². The average Bonchev–Trinajstić information content (AvgIpc) is 1.90. The molecule has 10 heavy (non-hydrogen) atoms. The first kappa shape index (κ1) is 10.1. The molecule has 0 radical (unpaired) electrons. The van der Waals surface area contributed by atoms with Gasteiger partial charge in [-0.05, 0) is 29.0 Å². The molecule has 3 heteroatoms. The molecule has 2 nitrogen and oxygen atoms in total. The van der Waals surface area contributed by atoms with Crippen molar-refractivity contribution in [1.82, 2.24) is 4.90 Å². The molecule has 0 aromatic heterocycles. The van der Waals surface area contributed by atoms with Crippen molar-refractivity contribution >= 4 is 20.6 Å². The first-order chi connectivity index (χ1) is 4.70. The summed E-state index contributed by atoms with van der Waals surface area (Å²) in [4.78, 5) is 12.7. The van der Waals surface area contributed by atoms with Gasteiger partial charge < -0.3 is 4.90 Å². The van der Waals surface area contributed by atoms with Crippen molar-refractivity contribution in [3.63, 3.8) is 0 Å². The van der Waals surface area contributed by atoms with Crippen molar-refractivity contribution in [1.29, 1.82) is 0 Å². The van der Waals surface area contributed by atoms with Gasteiger partial charge in [-0.2, -0.15) is 0 Å². The van der Waals surface area contributed by atoms with E-state index in [4.69, 9.17) is 0 Å². The topological polar surface area (TPSA) is 20.3 Å². The lowest BCUT2D eigenvalue weighted by Crippen LogP contribution is -2.24. The van der Waals surface area contributed by atoms with Gasteiger partial charge in [0.1, 0.15) is 0 Å². The minimum absolute atomic E-state index is 0.0967. The van der Waals surface area contributed by atoms with Crippen LogP contribution in [0.3, 0.4) is 0 Å². The van der Waals surface area contributed by atoms with Crippen molar-refractivity contribution in [3.05, 3.63) is 0 Å². The van der Waals surface area contributed by atoms with Gasteiger partial charge in [-0.15, -0.1) is 0 Å². The summed E-state index contributed by atoms with van der Waals surface area (Å²) < 4.78 is 0.0967. The van der Waals surface area contributed by atoms with E-state index in [-0.39, 0.29) is 4.69 Å². The van der Waals surface area contributed by atoms with E-state index in [0.717, 1.165) is 19.6 Å². The SMILES string of the molecule is CCN(CC)CCC(=O)Br. The Kier molecular flexibility index (Phi) is 5.93. The van der Waals surface area contributed by atoms with E-state index in [1.54, 1.807) is 0 Å². The van der Waals surface area contributed by atoms with Crippen LogP contribution in [0, 0.1) is 0 Å². The maximum atomic E-state index is 10.5. The van der Waals surface area contributed by atoms with Crippen molar-refractivity contribution < 1.29 is 4.79 Å². The zero-order valence-electron chi connectivity index (χ0n) is 6.56. The van der Waals surface area contributed by atoms with E-state index in [0.29, 0.717) is 6.42 Å². The second-order valence-electron chi connectivity index (χ2n) is 2.13. The Balaban J connectivity index is 3.34. The lowest BCUT2D eigenvalue weighted by molar-refractivity contribution is -0.110. The molecule has 0 fully saturated rings. The number of carbonyl (C=O) groups excluding carboxylic acids is 1. The fourth-order valence-corrected chi connectivity index (χ4v) is 0.963. The molecular formula is C7H14BrNO. The van der Waals surface area contributed by atoms with Gasteiger partial charge in [0.05, 0.1) is 0 Å². The number of hydrogen-bond acceptors (Lipinski definition) is 2. The predicted molar refractivity (Wildman–Crippen MR) is 46.3 cm³/mol. The molecular weight excluding hydrogens is 194 g/mol. The van der Waals surface area contributed by atoms with Crippen LogP contribution < -0.4 is 0 Å². The largest absolute Gasteiger partial charge is 0.303 e. The molecule has 0 atom stereocenters. The maximum Gasteiger partial charge on any atom is 0.199 e. The highest BCUT2D eigenvalue weighted by atomic mass is 79.9. The highest BCUT2D eigenvalue weighted by molar-refractivity contribution is 9.18. The summed E-state index contributed by atoms with van der Waals surface area (Å²) in [5.74, 6) is 0. The second-order valence-corrected chi connectivity index (χ2v) is 3.02. The number of hydrogen-bond donors (Lipinski definition) is 0. The van der Waals surface area contributed by atoms with E-state index in [1.165, 1.54) is 0 Å². The summed E-state index contributed by atoms with van der Waals surface area (Å²) in [6, 6.07) is 0. The quantitative estimate of drug-likeness (QED) is 0.640. The molecule has 0 saturated heterocycles. The third-order valence-electron chi connectivity index (χ3n) is 1.52. The molecule has 0 N–H and O–H groups in total. The van der Waals surface area contributed by atoms with Crippen LogP contribution >= 0.6 is 15.9 Å². The standard InChI is InChI=1S/C7H14BrNO/c1-3-9(4-2)6-5-7(8)10/h3-6H2,1-2H3. The molecule has 0 rings (SSSR count). The van der Waals surface area contributed by atoms with Crippen LogP contribution in [0.5, 0.6) is 0 Å². The minimum atomic E-state index is 0.0967. The molecule has 0 aromatic rings. The van der Waals surface area contributed by atoms with Gasteiger partial charge in [0.25, 0.3) is 0 Å². The van der Waals surface area contributed by atoms with Crippen LogP contribution in [0.15, 0.2) is 0 Å². The number of halogens is 1. The first-order valence-corrected chi connectivity index (χ1v) is 4.40. The number of nitrogens with zero attached hydrogens (tertiary/aromatic N) is 1. The van der Waals surface area contributed by atoms with Gasteiger partial charge in [-0.3, -0.25) is 4.79 Å². The van der Waals surface area contributed by atoms with Crippen molar-refractivity contribution in [3.8, 4) is 0 Å². The highest BCUT2D eigenvalue weighted by Crippen LogP contribution is 1.95. The van der Waals surface area contributed by atoms with Gasteiger partial charge in [-0.1, -0.05) is 13.8 Å². The van der Waals surface area contributed by atoms with Crippen LogP contribution in [0.25, 0.3) is 0 Å². The van der Waals surface area contributed by atoms with Crippen molar-refractivity contribution in [2.24, 2.45) is 0 Å². The van der Waals surface area contributed by atoms with E-state index in [2.05, 4.69) is 34.7 Å². The molecule has 0 unspecified atom stereocenters. The molecule has 60 valence electrons. The van der Waals surface area contributed by atoms with Crippen LogP contribution in [-0.4, -0.2) is 29.2 Å². The number of carbonyl (C=O) groups is 1. The summed E-state index contributed by atoms with van der Waals surface area (Å²) in [6.07, 6.45) is 0.613. The molecule has 0 bridgehead atoms. The fraction of sp³-hybridized carbons (Fsp3) is 0.857. The summed E-state index contributed by atoms with van der Waals surface area (Å²) in [7, 11) is 0. The van der Waals surface area contributed by atoms with Crippen molar-refractivity contribution in [2.75, 3.05) is 19.6 Å². The van der Waals surface area contributed by atoms with Crippen LogP contribution in [-0.2, 0) is 4.79 Å². The van der Waals surface area contributed by atoms with E-state index >= 15 is 0 Å². The van der Waals surface area contributed by atoms with Gasteiger partial charge in [0, 0.05) is 13.0 Å². The molecule has 0 heterocycles. The van der Waals surface area contributed by atoms with Crippen LogP contribution in [0.2, 0.25) is 0 Å². The molecule has 0 saturated carbocycles. The summed E-state index contributed by atoms with van der Waals surface area (Å²) in [5.41, 5.74) is 0. The smallest absolute Gasteiger partial charge is 0.199 e. The Labute approximate surface area is 70.7 Å². The second kappa shape index (κ2) is 5.86. The monoisotopic (exact) mass is 207 g/mol.